The second-order valence-corrected chi connectivity index (χ2v) is 5.89. The normalized spacial score (nSPS) is 10.5. The molecule has 4 nitrogen and oxygen atoms in total. The predicted octanol–water partition coefficient (Wildman–Crippen LogP) is 4.49. The number of anilines is 1. The first-order valence-corrected chi connectivity index (χ1v) is 7.69. The Labute approximate surface area is 143 Å². The van der Waals surface area contributed by atoms with E-state index in [-0.39, 0.29) is 5.91 Å². The summed E-state index contributed by atoms with van der Waals surface area (Å²) in [6, 6.07) is 14.3. The number of nitrogens with one attached hydrogen (secondary N) is 1. The highest BCUT2D eigenvalue weighted by atomic mass is 35.5. The van der Waals surface area contributed by atoms with Crippen LogP contribution in [0.5, 0.6) is 0 Å². The molecule has 0 spiro atoms. The Bertz CT molecular complexity index is 811. The fourth-order valence-corrected chi connectivity index (χ4v) is 2.35. The first kappa shape index (κ1) is 15.6. The Kier molecular flexibility index (Phi) is 4.65. The number of carbonyl (C=O) groups is 1. The minimum Gasteiger partial charge on any atom is -0.319 e. The van der Waals surface area contributed by atoms with Crippen molar-refractivity contribution >= 4 is 34.8 Å². The minimum atomic E-state index is -0.201. The second kappa shape index (κ2) is 6.86. The monoisotopic (exact) mass is 345 g/mol. The Morgan fingerprint density at radius 1 is 1.00 bits per heavy atom. The van der Waals surface area contributed by atoms with Gasteiger partial charge >= 0.3 is 0 Å². The van der Waals surface area contributed by atoms with E-state index < -0.39 is 0 Å². The average molecular weight is 346 g/mol. The van der Waals surface area contributed by atoms with Crippen LogP contribution in [0.1, 0.15) is 15.9 Å². The van der Waals surface area contributed by atoms with Gasteiger partial charge < -0.3 is 5.32 Å². The molecule has 1 aromatic heterocycles. The van der Waals surface area contributed by atoms with E-state index in [4.69, 9.17) is 23.2 Å². The van der Waals surface area contributed by atoms with Crippen molar-refractivity contribution in [2.75, 3.05) is 5.32 Å². The molecule has 1 heterocycles. The van der Waals surface area contributed by atoms with Crippen LogP contribution in [0.2, 0.25) is 10.0 Å². The highest BCUT2D eigenvalue weighted by Crippen LogP contribution is 2.14. The van der Waals surface area contributed by atoms with E-state index in [0.29, 0.717) is 27.8 Å². The lowest BCUT2D eigenvalue weighted by Crippen LogP contribution is -2.11. The summed E-state index contributed by atoms with van der Waals surface area (Å²) in [5.74, 6) is -0.201. The van der Waals surface area contributed by atoms with Gasteiger partial charge in [0.2, 0.25) is 0 Å². The molecule has 0 saturated heterocycles. The molecule has 0 saturated carbocycles. The largest absolute Gasteiger partial charge is 0.319 e. The number of amides is 1. The lowest BCUT2D eigenvalue weighted by molar-refractivity contribution is 0.102. The molecule has 1 N–H and O–H groups in total. The highest BCUT2D eigenvalue weighted by molar-refractivity contribution is 6.30. The van der Waals surface area contributed by atoms with Crippen molar-refractivity contribution in [3.8, 4) is 0 Å². The Balaban J connectivity index is 1.66. The van der Waals surface area contributed by atoms with Crippen molar-refractivity contribution in [2.24, 2.45) is 0 Å². The van der Waals surface area contributed by atoms with E-state index >= 15 is 0 Å². The van der Waals surface area contributed by atoms with Gasteiger partial charge in [0.1, 0.15) is 0 Å². The molecule has 3 rings (SSSR count). The lowest BCUT2D eigenvalue weighted by atomic mass is 10.2. The number of hydrogen-bond donors (Lipinski definition) is 1. The van der Waals surface area contributed by atoms with Crippen LogP contribution in [0.3, 0.4) is 0 Å². The summed E-state index contributed by atoms with van der Waals surface area (Å²) in [6.07, 6.45) is 3.40. The maximum absolute atomic E-state index is 12.1. The van der Waals surface area contributed by atoms with E-state index in [0.717, 1.165) is 5.56 Å². The van der Waals surface area contributed by atoms with Crippen LogP contribution in [0, 0.1) is 0 Å². The summed E-state index contributed by atoms with van der Waals surface area (Å²) >= 11 is 11.7. The molecule has 1 amide bonds. The minimum absolute atomic E-state index is 0.201. The Hall–Kier alpha value is -2.30. The van der Waals surface area contributed by atoms with Gasteiger partial charge in [-0.25, -0.2) is 0 Å². The number of hydrogen-bond acceptors (Lipinski definition) is 2. The van der Waals surface area contributed by atoms with E-state index in [1.165, 1.54) is 0 Å². The van der Waals surface area contributed by atoms with E-state index in [1.807, 2.05) is 24.3 Å². The fourth-order valence-electron chi connectivity index (χ4n) is 2.10. The van der Waals surface area contributed by atoms with Gasteiger partial charge in [0.25, 0.3) is 5.91 Å². The molecular weight excluding hydrogens is 333 g/mol. The van der Waals surface area contributed by atoms with Crippen molar-refractivity contribution in [3.63, 3.8) is 0 Å². The molecule has 0 aliphatic carbocycles. The van der Waals surface area contributed by atoms with Gasteiger partial charge in [0.05, 0.1) is 18.4 Å². The zero-order chi connectivity index (χ0) is 16.2. The fraction of sp³-hybridized carbons (Fsp3) is 0.0588. The summed E-state index contributed by atoms with van der Waals surface area (Å²) in [4.78, 5) is 12.1. The van der Waals surface area contributed by atoms with Gasteiger partial charge in [-0.15, -0.1) is 0 Å². The molecule has 0 unspecified atom stereocenters. The number of halogens is 2. The highest BCUT2D eigenvalue weighted by Gasteiger charge is 2.07. The number of nitrogens with zero attached hydrogens (tertiary/aromatic N) is 2. The van der Waals surface area contributed by atoms with Gasteiger partial charge in [0.15, 0.2) is 0 Å². The number of rotatable bonds is 4. The van der Waals surface area contributed by atoms with Crippen LogP contribution < -0.4 is 5.32 Å². The zero-order valence-electron chi connectivity index (χ0n) is 12.0. The maximum atomic E-state index is 12.1. The molecule has 116 valence electrons. The van der Waals surface area contributed by atoms with Gasteiger partial charge in [0, 0.05) is 21.8 Å². The zero-order valence-corrected chi connectivity index (χ0v) is 13.6. The van der Waals surface area contributed by atoms with Gasteiger partial charge in [-0.3, -0.25) is 9.48 Å². The number of carbonyl (C=O) groups excluding carboxylic acids is 1. The second-order valence-electron chi connectivity index (χ2n) is 5.01. The van der Waals surface area contributed by atoms with Crippen LogP contribution >= 0.6 is 23.2 Å². The topological polar surface area (TPSA) is 46.9 Å². The standard InChI is InChI=1S/C17H13Cl2N3O/c18-14-5-1-12(2-6-14)10-22-11-16(9-20-22)21-17(23)13-3-7-15(19)8-4-13/h1-9,11H,10H2,(H,21,23). The van der Waals surface area contributed by atoms with Crippen LogP contribution in [0.4, 0.5) is 5.69 Å². The van der Waals surface area contributed by atoms with Crippen LogP contribution in [0.15, 0.2) is 60.9 Å². The summed E-state index contributed by atoms with van der Waals surface area (Å²) in [7, 11) is 0. The van der Waals surface area contributed by atoms with Gasteiger partial charge in [-0.1, -0.05) is 35.3 Å². The lowest BCUT2D eigenvalue weighted by Gasteiger charge is -2.03. The summed E-state index contributed by atoms with van der Waals surface area (Å²) in [6.45, 7) is 0.605. The van der Waals surface area contributed by atoms with Crippen molar-refractivity contribution in [2.45, 2.75) is 6.54 Å². The Morgan fingerprint density at radius 2 is 1.61 bits per heavy atom. The Morgan fingerprint density at radius 3 is 2.26 bits per heavy atom. The first-order valence-electron chi connectivity index (χ1n) is 6.94. The number of benzene rings is 2. The molecule has 0 radical (unpaired) electrons. The third-order valence-corrected chi connectivity index (χ3v) is 3.76. The molecule has 3 aromatic rings. The van der Waals surface area contributed by atoms with Crippen LogP contribution in [0.25, 0.3) is 0 Å². The van der Waals surface area contributed by atoms with Crippen molar-refractivity contribution in [3.05, 3.63) is 82.1 Å². The first-order chi connectivity index (χ1) is 11.1. The maximum Gasteiger partial charge on any atom is 0.255 e. The molecular formula is C17H13Cl2N3O. The molecule has 23 heavy (non-hydrogen) atoms. The molecule has 0 aliphatic rings. The SMILES string of the molecule is O=C(Nc1cnn(Cc2ccc(Cl)cc2)c1)c1ccc(Cl)cc1. The van der Waals surface area contributed by atoms with Gasteiger partial charge in [-0.2, -0.15) is 5.10 Å². The third-order valence-electron chi connectivity index (χ3n) is 3.26. The molecule has 0 fully saturated rings. The molecule has 0 bridgehead atoms. The summed E-state index contributed by atoms with van der Waals surface area (Å²) < 4.78 is 1.75. The van der Waals surface area contributed by atoms with Crippen molar-refractivity contribution in [1.82, 2.24) is 9.78 Å². The summed E-state index contributed by atoms with van der Waals surface area (Å²) in [5.41, 5.74) is 2.26. The van der Waals surface area contributed by atoms with Crippen molar-refractivity contribution in [1.29, 1.82) is 0 Å². The molecule has 6 heteroatoms. The van der Waals surface area contributed by atoms with E-state index in [9.17, 15) is 4.79 Å². The van der Waals surface area contributed by atoms with E-state index in [1.54, 1.807) is 41.3 Å². The molecule has 0 atom stereocenters. The average Bonchev–Trinajstić information content (AvgIpc) is 2.97. The van der Waals surface area contributed by atoms with Gasteiger partial charge in [-0.05, 0) is 42.0 Å². The molecule has 0 aliphatic heterocycles. The third kappa shape index (κ3) is 4.12. The van der Waals surface area contributed by atoms with Crippen molar-refractivity contribution < 1.29 is 4.79 Å². The number of aromatic nitrogens is 2. The molecule has 2 aromatic carbocycles. The quantitative estimate of drug-likeness (QED) is 0.757. The van der Waals surface area contributed by atoms with Crippen LogP contribution in [-0.4, -0.2) is 15.7 Å². The predicted molar refractivity (Wildman–Crippen MR) is 92.2 cm³/mol. The van der Waals surface area contributed by atoms with Crippen LogP contribution in [-0.2, 0) is 6.54 Å². The summed E-state index contributed by atoms with van der Waals surface area (Å²) in [5, 5.41) is 8.34. The smallest absolute Gasteiger partial charge is 0.255 e. The van der Waals surface area contributed by atoms with E-state index in [2.05, 4.69) is 10.4 Å².